The van der Waals surface area contributed by atoms with Gasteiger partial charge in [-0.1, -0.05) is 76.9 Å². The smallest absolute Gasteiger partial charge is 0.303 e. The molecule has 0 fully saturated rings. The molecule has 1 unspecified atom stereocenters. The number of thiocarbonyl (C=S) groups is 1. The van der Waals surface area contributed by atoms with Crippen LogP contribution in [-0.4, -0.2) is 28.4 Å². The molecule has 0 radical (unpaired) electrons. The minimum atomic E-state index is -3.95. The first-order valence-corrected chi connectivity index (χ1v) is 11.5. The van der Waals surface area contributed by atoms with Crippen molar-refractivity contribution in [3.05, 3.63) is 0 Å². The minimum Gasteiger partial charge on any atom is -0.481 e. The molecular formula is C19H33NO4S2. The highest BCUT2D eigenvalue weighted by atomic mass is 32.2. The van der Waals surface area contributed by atoms with Gasteiger partial charge in [-0.25, -0.2) is 8.42 Å². The Morgan fingerprint density at radius 3 is 1.88 bits per heavy atom. The van der Waals surface area contributed by atoms with Gasteiger partial charge in [0, 0.05) is 6.42 Å². The molecular weight excluding hydrogens is 370 g/mol. The number of unbranched alkanes of at least 4 members (excludes halogenated alkanes) is 9. The third-order valence-electron chi connectivity index (χ3n) is 4.68. The molecule has 0 aliphatic heterocycles. The van der Waals surface area contributed by atoms with E-state index in [-0.39, 0.29) is 23.5 Å². The number of nitriles is 1. The van der Waals surface area contributed by atoms with Crippen LogP contribution in [-0.2, 0) is 14.6 Å². The topological polar surface area (TPSA) is 95.2 Å². The summed E-state index contributed by atoms with van der Waals surface area (Å²) in [4.78, 5) is 10.7. The number of hydrogen-bond donors (Lipinski definition) is 1. The van der Waals surface area contributed by atoms with E-state index in [0.29, 0.717) is 6.42 Å². The number of sulfone groups is 1. The number of carboxylic acid groups (broad SMARTS) is 1. The summed E-state index contributed by atoms with van der Waals surface area (Å²) < 4.78 is 23.2. The SMILES string of the molecule is CCCCCCCCCCCCC(=S)S(=O)(=O)C(C)(C#N)CCC(=O)O. The van der Waals surface area contributed by atoms with Crippen molar-refractivity contribution >= 4 is 32.2 Å². The number of rotatable bonds is 15. The van der Waals surface area contributed by atoms with Crippen molar-refractivity contribution in [1.82, 2.24) is 0 Å². The molecule has 0 saturated carbocycles. The zero-order chi connectivity index (χ0) is 20.1. The number of carbonyl (C=O) groups is 1. The number of nitrogens with zero attached hydrogens (tertiary/aromatic N) is 1. The zero-order valence-electron chi connectivity index (χ0n) is 16.1. The molecule has 0 aliphatic rings. The predicted octanol–water partition coefficient (Wildman–Crippen LogP) is 5.19. The molecule has 0 saturated heterocycles. The Bertz CT molecular complexity index is 581. The first-order chi connectivity index (χ1) is 12.2. The summed E-state index contributed by atoms with van der Waals surface area (Å²) >= 11 is 5.06. The summed E-state index contributed by atoms with van der Waals surface area (Å²) in [5, 5.41) is 18.0. The highest BCUT2D eigenvalue weighted by Gasteiger charge is 2.42. The van der Waals surface area contributed by atoms with Crippen LogP contribution >= 0.6 is 12.2 Å². The van der Waals surface area contributed by atoms with Crippen LogP contribution in [0.2, 0.25) is 0 Å². The van der Waals surface area contributed by atoms with E-state index in [2.05, 4.69) is 6.92 Å². The third-order valence-corrected chi connectivity index (χ3v) is 7.83. The Balaban J connectivity index is 4.17. The van der Waals surface area contributed by atoms with E-state index in [0.717, 1.165) is 19.3 Å². The van der Waals surface area contributed by atoms with Crippen LogP contribution in [0.3, 0.4) is 0 Å². The van der Waals surface area contributed by atoms with Gasteiger partial charge in [0.15, 0.2) is 4.75 Å². The first kappa shape index (κ1) is 25.0. The lowest BCUT2D eigenvalue weighted by atomic mass is 10.1. The lowest BCUT2D eigenvalue weighted by Gasteiger charge is -2.21. The van der Waals surface area contributed by atoms with Crippen molar-refractivity contribution in [2.24, 2.45) is 0 Å². The van der Waals surface area contributed by atoms with E-state index < -0.39 is 20.6 Å². The van der Waals surface area contributed by atoms with Gasteiger partial charge in [-0.3, -0.25) is 4.79 Å². The summed E-state index contributed by atoms with van der Waals surface area (Å²) in [5.41, 5.74) is 0. The standard InChI is InChI=1S/C19H33NO4S2/c1-3-4-5-6-7-8-9-10-11-12-13-18(25)26(23,24)19(2,16-20)15-14-17(21)22/h3-15H2,1-2H3,(H,21,22). The molecule has 0 aliphatic carbocycles. The summed E-state index contributed by atoms with van der Waals surface area (Å²) in [6.45, 7) is 3.46. The fraction of sp³-hybridized carbons (Fsp3) is 0.842. The molecule has 150 valence electrons. The van der Waals surface area contributed by atoms with Gasteiger partial charge in [-0.05, 0) is 26.2 Å². The third kappa shape index (κ3) is 9.09. The fourth-order valence-corrected chi connectivity index (χ4v) is 4.84. The highest BCUT2D eigenvalue weighted by molar-refractivity contribution is 8.18. The van der Waals surface area contributed by atoms with Crippen LogP contribution in [0.4, 0.5) is 0 Å². The van der Waals surface area contributed by atoms with Gasteiger partial charge in [0.25, 0.3) is 0 Å². The van der Waals surface area contributed by atoms with Gasteiger partial charge in [-0.15, -0.1) is 0 Å². The Hall–Kier alpha value is -1.00. The second kappa shape index (κ2) is 13.2. The van der Waals surface area contributed by atoms with Crippen LogP contribution < -0.4 is 0 Å². The van der Waals surface area contributed by atoms with Crippen LogP contribution in [0.15, 0.2) is 0 Å². The zero-order valence-corrected chi connectivity index (χ0v) is 17.8. The van der Waals surface area contributed by atoms with Gasteiger partial charge in [0.2, 0.25) is 9.84 Å². The predicted molar refractivity (Wildman–Crippen MR) is 109 cm³/mol. The summed E-state index contributed by atoms with van der Waals surface area (Å²) in [7, 11) is -3.95. The Morgan fingerprint density at radius 2 is 1.46 bits per heavy atom. The molecule has 26 heavy (non-hydrogen) atoms. The van der Waals surface area contributed by atoms with Crippen LogP contribution in [0.25, 0.3) is 0 Å². The molecule has 0 amide bonds. The second-order valence-electron chi connectivity index (χ2n) is 7.04. The van der Waals surface area contributed by atoms with Crippen LogP contribution in [0.5, 0.6) is 0 Å². The molecule has 5 nitrogen and oxygen atoms in total. The van der Waals surface area contributed by atoms with Gasteiger partial charge < -0.3 is 5.11 Å². The summed E-state index contributed by atoms with van der Waals surface area (Å²) in [5.74, 6) is -1.12. The molecule has 0 spiro atoms. The van der Waals surface area contributed by atoms with E-state index in [4.69, 9.17) is 17.3 Å². The van der Waals surface area contributed by atoms with Gasteiger partial charge in [0.1, 0.15) is 4.20 Å². The molecule has 0 aromatic rings. The Morgan fingerprint density at radius 1 is 1.00 bits per heavy atom. The van der Waals surface area contributed by atoms with Crippen LogP contribution in [0.1, 0.15) is 97.3 Å². The van der Waals surface area contributed by atoms with E-state index in [9.17, 15) is 18.5 Å². The van der Waals surface area contributed by atoms with E-state index in [1.165, 1.54) is 45.4 Å². The van der Waals surface area contributed by atoms with Crippen molar-refractivity contribution in [1.29, 1.82) is 5.26 Å². The van der Waals surface area contributed by atoms with Crippen molar-refractivity contribution < 1.29 is 18.3 Å². The average molecular weight is 404 g/mol. The molecule has 0 aromatic heterocycles. The normalized spacial score (nSPS) is 13.7. The second-order valence-corrected chi connectivity index (χ2v) is 10.2. The average Bonchev–Trinajstić information content (AvgIpc) is 2.60. The van der Waals surface area contributed by atoms with Gasteiger partial charge in [0.05, 0.1) is 6.07 Å². The molecule has 1 atom stereocenters. The van der Waals surface area contributed by atoms with Gasteiger partial charge >= 0.3 is 5.97 Å². The number of aliphatic carboxylic acids is 1. The number of hydrogen-bond acceptors (Lipinski definition) is 5. The van der Waals surface area contributed by atoms with E-state index >= 15 is 0 Å². The molecule has 0 rings (SSSR count). The Labute approximate surface area is 164 Å². The quantitative estimate of drug-likeness (QED) is 0.299. The first-order valence-electron chi connectivity index (χ1n) is 9.61. The maximum atomic E-state index is 12.5. The van der Waals surface area contributed by atoms with Crippen molar-refractivity contribution in [2.75, 3.05) is 0 Å². The van der Waals surface area contributed by atoms with E-state index in [1.807, 2.05) is 0 Å². The highest BCUT2D eigenvalue weighted by Crippen LogP contribution is 2.26. The summed E-state index contributed by atoms with van der Waals surface area (Å²) in [6.07, 6.45) is 11.1. The molecule has 0 bridgehead atoms. The van der Waals surface area contributed by atoms with Crippen LogP contribution in [0, 0.1) is 11.3 Å². The van der Waals surface area contributed by atoms with Gasteiger partial charge in [-0.2, -0.15) is 5.26 Å². The molecule has 0 heterocycles. The maximum absolute atomic E-state index is 12.5. The largest absolute Gasteiger partial charge is 0.481 e. The van der Waals surface area contributed by atoms with E-state index in [1.54, 1.807) is 6.07 Å². The maximum Gasteiger partial charge on any atom is 0.303 e. The fourth-order valence-electron chi connectivity index (χ4n) is 2.74. The molecule has 0 aromatic carbocycles. The number of carboxylic acids is 1. The lowest BCUT2D eigenvalue weighted by Crippen LogP contribution is -2.38. The van der Waals surface area contributed by atoms with Crippen molar-refractivity contribution in [3.63, 3.8) is 0 Å². The van der Waals surface area contributed by atoms with Crippen molar-refractivity contribution in [3.8, 4) is 6.07 Å². The lowest BCUT2D eigenvalue weighted by molar-refractivity contribution is -0.137. The molecule has 1 N–H and O–H groups in total. The minimum absolute atomic E-state index is 0.119. The monoisotopic (exact) mass is 403 g/mol. The summed E-state index contributed by atoms with van der Waals surface area (Å²) in [6, 6.07) is 1.76. The van der Waals surface area contributed by atoms with Crippen molar-refractivity contribution in [2.45, 2.75) is 102 Å². The Kier molecular flexibility index (Phi) is 12.7. The molecule has 7 heteroatoms.